The first kappa shape index (κ1) is 96.1. The minimum absolute atomic E-state index is 0.107. The van der Waals surface area contributed by atoms with Crippen LogP contribution in [0, 0.1) is 17.8 Å². The molecular weight excluding hydrogens is 1280 g/mol. The summed E-state index contributed by atoms with van der Waals surface area (Å²) in [4.78, 5) is 73.0. The van der Waals surface area contributed by atoms with E-state index in [0.29, 0.717) is 25.7 Å². The molecule has 0 radical (unpaired) electrons. The number of aliphatic hydroxyl groups is 1. The standard InChI is InChI=1S/C79H154O17P2/c1-8-12-13-14-15-16-17-18-22-25-32-41-48-55-62-78(83)96-75(67-90-77(82)61-54-47-40-35-34-38-45-52-59-72(7)11-4)69-94-98(87,88)92-65-73(80)64-91-97(85,86)93-68-74(66-89-76(81)60-53-46-39-31-28-27-30-37-44-51-58-71(6)10-3)95-79(84)63-56-49-42-33-26-23-20-19-21-24-29-36-43-50-57-70(5)9-2/h70-75,80H,8-69H2,1-7H3,(H,85,86)(H,87,88)/t70?,71?,72?,73-,74-,75-/m1/s1. The average Bonchev–Trinajstić information content (AvgIpc) is 1.04. The number of hydrogen-bond acceptors (Lipinski definition) is 15. The van der Waals surface area contributed by atoms with Crippen LogP contribution in [0.5, 0.6) is 0 Å². The van der Waals surface area contributed by atoms with Gasteiger partial charge in [-0.15, -0.1) is 0 Å². The van der Waals surface area contributed by atoms with Crippen molar-refractivity contribution in [3.63, 3.8) is 0 Å². The normalized spacial score (nSPS) is 14.8. The van der Waals surface area contributed by atoms with Crippen molar-refractivity contribution in [2.75, 3.05) is 39.6 Å². The van der Waals surface area contributed by atoms with Crippen LogP contribution in [0.25, 0.3) is 0 Å². The van der Waals surface area contributed by atoms with E-state index in [-0.39, 0.29) is 25.7 Å². The Morgan fingerprint density at radius 2 is 0.490 bits per heavy atom. The molecule has 0 spiro atoms. The predicted octanol–water partition coefficient (Wildman–Crippen LogP) is 23.4. The molecule has 3 N–H and O–H groups in total. The maximum absolute atomic E-state index is 13.1. The maximum atomic E-state index is 13.1. The van der Waals surface area contributed by atoms with Crippen LogP contribution < -0.4 is 0 Å². The molecule has 19 heteroatoms. The molecule has 0 bridgehead atoms. The summed E-state index contributed by atoms with van der Waals surface area (Å²) in [5.74, 6) is 0.321. The molecule has 0 aliphatic carbocycles. The third kappa shape index (κ3) is 68.5. The van der Waals surface area contributed by atoms with Crippen molar-refractivity contribution in [2.45, 2.75) is 426 Å². The van der Waals surface area contributed by atoms with Gasteiger partial charge in [0.2, 0.25) is 0 Å². The van der Waals surface area contributed by atoms with Gasteiger partial charge < -0.3 is 33.8 Å². The zero-order chi connectivity index (χ0) is 72.3. The smallest absolute Gasteiger partial charge is 0.462 e. The lowest BCUT2D eigenvalue weighted by molar-refractivity contribution is -0.161. The fourth-order valence-corrected chi connectivity index (χ4v) is 13.6. The number of ether oxygens (including phenoxy) is 4. The highest BCUT2D eigenvalue weighted by Crippen LogP contribution is 2.45. The number of unbranched alkanes of at least 4 members (excludes halogenated alkanes) is 42. The molecule has 17 nitrogen and oxygen atoms in total. The van der Waals surface area contributed by atoms with Crippen LogP contribution in [0.1, 0.15) is 408 Å². The minimum atomic E-state index is -4.96. The molecule has 0 amide bonds. The van der Waals surface area contributed by atoms with Crippen molar-refractivity contribution in [1.29, 1.82) is 0 Å². The van der Waals surface area contributed by atoms with Gasteiger partial charge in [0, 0.05) is 25.7 Å². The summed E-state index contributed by atoms with van der Waals surface area (Å²) in [5.41, 5.74) is 0. The first-order valence-electron chi connectivity index (χ1n) is 41.0. The number of aliphatic hydroxyl groups excluding tert-OH is 1. The van der Waals surface area contributed by atoms with Crippen LogP contribution in [-0.2, 0) is 65.4 Å². The molecule has 98 heavy (non-hydrogen) atoms. The van der Waals surface area contributed by atoms with Gasteiger partial charge in [0.1, 0.15) is 19.3 Å². The van der Waals surface area contributed by atoms with Crippen LogP contribution in [0.4, 0.5) is 0 Å². The summed E-state index contributed by atoms with van der Waals surface area (Å²) in [6.07, 6.45) is 56.5. The van der Waals surface area contributed by atoms with Crippen LogP contribution in [0.2, 0.25) is 0 Å². The van der Waals surface area contributed by atoms with Gasteiger partial charge in [-0.05, 0) is 43.4 Å². The monoisotopic (exact) mass is 1440 g/mol. The van der Waals surface area contributed by atoms with Crippen molar-refractivity contribution in [3.8, 4) is 0 Å². The van der Waals surface area contributed by atoms with E-state index in [4.69, 9.17) is 37.0 Å². The highest BCUT2D eigenvalue weighted by molar-refractivity contribution is 7.47. The van der Waals surface area contributed by atoms with Gasteiger partial charge in [-0.25, -0.2) is 9.13 Å². The highest BCUT2D eigenvalue weighted by atomic mass is 31.2. The number of hydrogen-bond donors (Lipinski definition) is 3. The highest BCUT2D eigenvalue weighted by Gasteiger charge is 2.30. The summed E-state index contributed by atoms with van der Waals surface area (Å²) in [7, 11) is -9.92. The zero-order valence-electron chi connectivity index (χ0n) is 64.3. The van der Waals surface area contributed by atoms with E-state index >= 15 is 0 Å². The quantitative estimate of drug-likeness (QED) is 0.0222. The number of phosphoric acid groups is 2. The molecule has 582 valence electrons. The van der Waals surface area contributed by atoms with Gasteiger partial charge in [0.15, 0.2) is 12.2 Å². The van der Waals surface area contributed by atoms with E-state index in [0.717, 1.165) is 108 Å². The van der Waals surface area contributed by atoms with Crippen LogP contribution in [0.15, 0.2) is 0 Å². The molecule has 0 fully saturated rings. The van der Waals surface area contributed by atoms with Gasteiger partial charge in [0.25, 0.3) is 0 Å². The van der Waals surface area contributed by atoms with Crippen molar-refractivity contribution >= 4 is 39.5 Å². The van der Waals surface area contributed by atoms with E-state index < -0.39 is 97.5 Å². The van der Waals surface area contributed by atoms with Gasteiger partial charge in [-0.3, -0.25) is 37.3 Å². The number of rotatable bonds is 77. The van der Waals surface area contributed by atoms with E-state index in [9.17, 15) is 43.2 Å². The van der Waals surface area contributed by atoms with Gasteiger partial charge in [-0.1, -0.05) is 357 Å². The molecule has 0 heterocycles. The largest absolute Gasteiger partial charge is 0.472 e. The van der Waals surface area contributed by atoms with Crippen molar-refractivity contribution < 1.29 is 80.2 Å². The fraction of sp³-hybridized carbons (Fsp3) is 0.949. The van der Waals surface area contributed by atoms with Crippen LogP contribution >= 0.6 is 15.6 Å². The Kier molecular flexibility index (Phi) is 68.1. The Balaban J connectivity index is 5.28. The Morgan fingerprint density at radius 1 is 0.286 bits per heavy atom. The molecular formula is C79H154O17P2. The molecule has 0 aromatic carbocycles. The molecule has 0 aromatic heterocycles. The molecule has 0 aliphatic rings. The van der Waals surface area contributed by atoms with Gasteiger partial charge in [0.05, 0.1) is 26.4 Å². The number of carbonyl (C=O) groups excluding carboxylic acids is 4. The van der Waals surface area contributed by atoms with Crippen LogP contribution in [0.3, 0.4) is 0 Å². The molecule has 8 atom stereocenters. The van der Waals surface area contributed by atoms with Crippen molar-refractivity contribution in [2.24, 2.45) is 17.8 Å². The molecule has 0 saturated heterocycles. The first-order chi connectivity index (χ1) is 47.3. The first-order valence-corrected chi connectivity index (χ1v) is 44.0. The van der Waals surface area contributed by atoms with Crippen molar-refractivity contribution in [1.82, 2.24) is 0 Å². The second-order valence-corrected chi connectivity index (χ2v) is 32.1. The third-order valence-corrected chi connectivity index (χ3v) is 21.4. The third-order valence-electron chi connectivity index (χ3n) is 19.5. The second-order valence-electron chi connectivity index (χ2n) is 29.2. The topological polar surface area (TPSA) is 237 Å². The summed E-state index contributed by atoms with van der Waals surface area (Å²) in [6.45, 7) is 12.0. The van der Waals surface area contributed by atoms with E-state index in [1.165, 1.54) is 218 Å². The molecule has 5 unspecified atom stereocenters. The average molecular weight is 1440 g/mol. The van der Waals surface area contributed by atoms with Gasteiger partial charge in [-0.2, -0.15) is 0 Å². The number of carbonyl (C=O) groups is 4. The summed E-state index contributed by atoms with van der Waals surface area (Å²) < 4.78 is 68.7. The van der Waals surface area contributed by atoms with E-state index in [1.807, 2.05) is 0 Å². The van der Waals surface area contributed by atoms with E-state index in [2.05, 4.69) is 48.5 Å². The zero-order valence-corrected chi connectivity index (χ0v) is 66.0. The number of esters is 4. The lowest BCUT2D eigenvalue weighted by atomic mass is 9.99. The summed E-state index contributed by atoms with van der Waals surface area (Å²) >= 11 is 0. The number of phosphoric ester groups is 2. The molecule has 0 saturated carbocycles. The second kappa shape index (κ2) is 69.4. The lowest BCUT2D eigenvalue weighted by Crippen LogP contribution is -2.30. The summed E-state index contributed by atoms with van der Waals surface area (Å²) in [6, 6.07) is 0. The maximum Gasteiger partial charge on any atom is 0.472 e. The Hall–Kier alpha value is -1.94. The lowest BCUT2D eigenvalue weighted by Gasteiger charge is -2.21. The molecule has 0 rings (SSSR count). The Morgan fingerprint density at radius 3 is 0.724 bits per heavy atom. The minimum Gasteiger partial charge on any atom is -0.462 e. The predicted molar refractivity (Wildman–Crippen MR) is 400 cm³/mol. The fourth-order valence-electron chi connectivity index (χ4n) is 12.0. The van der Waals surface area contributed by atoms with Crippen LogP contribution in [-0.4, -0.2) is 96.7 Å². The van der Waals surface area contributed by atoms with Gasteiger partial charge >= 0.3 is 39.5 Å². The SMILES string of the molecule is CCCCCCCCCCCCCCCCC(=O)O[C@H](COC(=O)CCCCCCCCCCC(C)CC)COP(=O)(O)OC[C@H](O)COP(=O)(O)OC[C@@H](COC(=O)CCCCCCCCCCCCC(C)CC)OC(=O)CCCCCCCCCCCCCCCCC(C)CC. The van der Waals surface area contributed by atoms with Crippen molar-refractivity contribution in [3.05, 3.63) is 0 Å². The molecule has 0 aliphatic heterocycles. The van der Waals surface area contributed by atoms with E-state index in [1.54, 1.807) is 0 Å². The Bertz CT molecular complexity index is 1910. The molecule has 0 aromatic rings. The summed E-state index contributed by atoms with van der Waals surface area (Å²) in [5, 5.41) is 10.6. The Labute approximate surface area is 600 Å².